The van der Waals surface area contributed by atoms with Crippen LogP contribution in [-0.4, -0.2) is 51.6 Å². The van der Waals surface area contributed by atoms with Crippen molar-refractivity contribution in [3.63, 3.8) is 0 Å². The number of imide groups is 1. The molecule has 0 spiro atoms. The smallest absolute Gasteiger partial charge is 0.272 e. The number of nitrogens with one attached hydrogen (secondary N) is 3. The number of carbonyl (C=O) groups excluding carboxylic acids is 4. The molecule has 2 aromatic heterocycles. The molecule has 3 N–H and O–H groups in total. The highest BCUT2D eigenvalue weighted by Crippen LogP contribution is 2.30. The Morgan fingerprint density at radius 3 is 2.79 bits per heavy atom. The second kappa shape index (κ2) is 8.29. The first-order valence-corrected chi connectivity index (χ1v) is 11.0. The summed E-state index contributed by atoms with van der Waals surface area (Å²) in [5, 5.41) is 6.04. The fourth-order valence-corrected chi connectivity index (χ4v) is 4.63. The zero-order chi connectivity index (χ0) is 24.0. The molecule has 5 rings (SSSR count). The number of fused-ring (bicyclic) bond motifs is 2. The summed E-state index contributed by atoms with van der Waals surface area (Å²) < 4.78 is 5.17. The zero-order valence-corrected chi connectivity index (χ0v) is 18.7. The van der Waals surface area contributed by atoms with Crippen LogP contribution >= 0.6 is 0 Å². The summed E-state index contributed by atoms with van der Waals surface area (Å²) in [4.78, 5) is 58.6. The number of pyridine rings is 1. The molecule has 34 heavy (non-hydrogen) atoms. The molecule has 3 aromatic rings. The number of ether oxygens (including phenoxy) is 1. The average molecular weight is 461 g/mol. The van der Waals surface area contributed by atoms with E-state index in [1.54, 1.807) is 24.3 Å². The number of carbonyl (C=O) groups is 4. The van der Waals surface area contributed by atoms with Crippen LogP contribution in [0.25, 0.3) is 11.0 Å². The second-order valence-corrected chi connectivity index (χ2v) is 8.31. The quantitative estimate of drug-likeness (QED) is 0.499. The molecular formula is C24H23N5O5. The van der Waals surface area contributed by atoms with Crippen molar-refractivity contribution in [3.05, 3.63) is 52.7 Å². The van der Waals surface area contributed by atoms with Crippen molar-refractivity contribution in [3.8, 4) is 5.88 Å². The minimum absolute atomic E-state index is 0.197. The fourth-order valence-electron chi connectivity index (χ4n) is 4.63. The van der Waals surface area contributed by atoms with Crippen molar-refractivity contribution >= 4 is 40.3 Å². The number of anilines is 1. The van der Waals surface area contributed by atoms with Gasteiger partial charge in [0.15, 0.2) is 0 Å². The van der Waals surface area contributed by atoms with E-state index in [9.17, 15) is 19.2 Å². The molecule has 2 aliphatic rings. The molecule has 4 amide bonds. The number of piperidine rings is 1. The van der Waals surface area contributed by atoms with Crippen molar-refractivity contribution in [2.45, 2.75) is 38.8 Å². The molecule has 1 saturated heterocycles. The second-order valence-electron chi connectivity index (χ2n) is 8.31. The topological polar surface area (TPSA) is 133 Å². The van der Waals surface area contributed by atoms with Gasteiger partial charge in [0.25, 0.3) is 11.8 Å². The van der Waals surface area contributed by atoms with Crippen LogP contribution in [0.2, 0.25) is 0 Å². The summed E-state index contributed by atoms with van der Waals surface area (Å²) in [6.07, 6.45) is 1.13. The Balaban J connectivity index is 1.38. The Bertz CT molecular complexity index is 1360. The Hall–Kier alpha value is -4.21. The van der Waals surface area contributed by atoms with Crippen molar-refractivity contribution in [1.82, 2.24) is 20.2 Å². The van der Waals surface area contributed by atoms with Gasteiger partial charge in [0.2, 0.25) is 17.7 Å². The average Bonchev–Trinajstić information content (AvgIpc) is 3.35. The van der Waals surface area contributed by atoms with Gasteiger partial charge in [-0.15, -0.1) is 0 Å². The molecule has 10 heteroatoms. The summed E-state index contributed by atoms with van der Waals surface area (Å²) in [7, 11) is 1.53. The van der Waals surface area contributed by atoms with Gasteiger partial charge in [-0.1, -0.05) is 6.92 Å². The van der Waals surface area contributed by atoms with Gasteiger partial charge in [-0.05, 0) is 48.2 Å². The van der Waals surface area contributed by atoms with Gasteiger partial charge < -0.3 is 19.9 Å². The van der Waals surface area contributed by atoms with Gasteiger partial charge in [0.1, 0.15) is 17.4 Å². The number of methoxy groups -OCH3 is 1. The third-order valence-electron chi connectivity index (χ3n) is 6.31. The standard InChI is InChI=1S/C24H23N5O5/c1-3-14-16-6-9-19(34-2)27-21(16)28-20(14)23(32)25-13-4-5-15-12(10-13)11-29(24(15)33)17-7-8-18(30)26-22(17)31/h4-6,9-10,17H,3,7-8,11H2,1-2H3,(H,25,32)(H,27,28)(H,26,30,31). The lowest BCUT2D eigenvalue weighted by Crippen LogP contribution is -2.52. The summed E-state index contributed by atoms with van der Waals surface area (Å²) in [6, 6.07) is 8.00. The summed E-state index contributed by atoms with van der Waals surface area (Å²) in [6.45, 7) is 2.20. The number of H-pyrrole nitrogens is 1. The number of aryl methyl sites for hydroxylation is 1. The van der Waals surface area contributed by atoms with Crippen LogP contribution in [0, 0.1) is 0 Å². The Kier molecular flexibility index (Phi) is 5.27. The molecule has 0 aliphatic carbocycles. The number of hydrogen-bond acceptors (Lipinski definition) is 6. The summed E-state index contributed by atoms with van der Waals surface area (Å²) in [5.41, 5.74) is 3.57. The normalized spacial score (nSPS) is 17.6. The van der Waals surface area contributed by atoms with E-state index in [-0.39, 0.29) is 30.7 Å². The third kappa shape index (κ3) is 3.57. The van der Waals surface area contributed by atoms with Crippen molar-refractivity contribution < 1.29 is 23.9 Å². The van der Waals surface area contributed by atoms with Gasteiger partial charge >= 0.3 is 0 Å². The lowest BCUT2D eigenvalue weighted by atomic mass is 10.0. The summed E-state index contributed by atoms with van der Waals surface area (Å²) in [5.74, 6) is -0.909. The van der Waals surface area contributed by atoms with Crippen molar-refractivity contribution in [2.24, 2.45) is 0 Å². The van der Waals surface area contributed by atoms with E-state index >= 15 is 0 Å². The Morgan fingerprint density at radius 1 is 1.24 bits per heavy atom. The first-order chi connectivity index (χ1) is 16.4. The van der Waals surface area contributed by atoms with Crippen LogP contribution in [0.5, 0.6) is 5.88 Å². The molecule has 1 aromatic carbocycles. The maximum atomic E-state index is 13.1. The molecule has 4 heterocycles. The molecule has 0 radical (unpaired) electrons. The third-order valence-corrected chi connectivity index (χ3v) is 6.31. The number of benzene rings is 1. The zero-order valence-electron chi connectivity index (χ0n) is 18.7. The molecule has 10 nitrogen and oxygen atoms in total. The minimum atomic E-state index is -0.682. The highest BCUT2D eigenvalue weighted by Gasteiger charge is 2.39. The number of rotatable bonds is 5. The van der Waals surface area contributed by atoms with Crippen LogP contribution < -0.4 is 15.4 Å². The molecule has 0 saturated carbocycles. The highest BCUT2D eigenvalue weighted by molar-refractivity contribution is 6.09. The number of amides is 4. The van der Waals surface area contributed by atoms with E-state index in [0.717, 1.165) is 10.9 Å². The Morgan fingerprint density at radius 2 is 2.06 bits per heavy atom. The Labute approximate surface area is 194 Å². The maximum Gasteiger partial charge on any atom is 0.272 e. The van der Waals surface area contributed by atoms with Gasteiger partial charge in [-0.2, -0.15) is 4.98 Å². The van der Waals surface area contributed by atoms with Crippen LogP contribution in [0.15, 0.2) is 30.3 Å². The number of aromatic amines is 1. The number of aromatic nitrogens is 2. The van der Waals surface area contributed by atoms with Crippen molar-refractivity contribution in [2.75, 3.05) is 12.4 Å². The molecule has 2 aliphatic heterocycles. The van der Waals surface area contributed by atoms with E-state index in [1.807, 2.05) is 13.0 Å². The van der Waals surface area contributed by atoms with Gasteiger partial charge in [-0.25, -0.2) is 0 Å². The van der Waals surface area contributed by atoms with Crippen LogP contribution in [0.4, 0.5) is 5.69 Å². The molecule has 1 atom stereocenters. The maximum absolute atomic E-state index is 13.1. The van der Waals surface area contributed by atoms with Gasteiger partial charge in [-0.3, -0.25) is 24.5 Å². The number of nitrogens with zero attached hydrogens (tertiary/aromatic N) is 2. The first kappa shape index (κ1) is 21.6. The summed E-state index contributed by atoms with van der Waals surface area (Å²) >= 11 is 0. The van der Waals surface area contributed by atoms with Crippen LogP contribution in [0.3, 0.4) is 0 Å². The molecular weight excluding hydrogens is 438 g/mol. The number of hydrogen-bond donors (Lipinski definition) is 3. The van der Waals surface area contributed by atoms with Crippen LogP contribution in [0.1, 0.15) is 51.7 Å². The lowest BCUT2D eigenvalue weighted by molar-refractivity contribution is -0.136. The van der Waals surface area contributed by atoms with E-state index in [0.29, 0.717) is 46.9 Å². The van der Waals surface area contributed by atoms with Gasteiger partial charge in [0.05, 0.1) is 7.11 Å². The predicted molar refractivity (Wildman–Crippen MR) is 122 cm³/mol. The fraction of sp³-hybridized carbons (Fsp3) is 0.292. The van der Waals surface area contributed by atoms with E-state index in [1.165, 1.54) is 12.0 Å². The lowest BCUT2D eigenvalue weighted by Gasteiger charge is -2.29. The first-order valence-electron chi connectivity index (χ1n) is 11.0. The monoisotopic (exact) mass is 461 g/mol. The van der Waals surface area contributed by atoms with Crippen LogP contribution in [-0.2, 0) is 22.6 Å². The van der Waals surface area contributed by atoms with Gasteiger partial charge in [0, 0.05) is 35.7 Å². The van der Waals surface area contributed by atoms with E-state index in [2.05, 4.69) is 20.6 Å². The van der Waals surface area contributed by atoms with Crippen molar-refractivity contribution in [1.29, 1.82) is 0 Å². The predicted octanol–water partition coefficient (Wildman–Crippen LogP) is 2.15. The van der Waals surface area contributed by atoms with E-state index in [4.69, 9.17) is 4.74 Å². The molecule has 0 bridgehead atoms. The van der Waals surface area contributed by atoms with E-state index < -0.39 is 11.9 Å². The molecule has 1 fully saturated rings. The SMILES string of the molecule is CCc1c(C(=O)Nc2ccc3c(c2)CN(C2CCC(=O)NC2=O)C3=O)[nH]c2nc(OC)ccc12. The highest BCUT2D eigenvalue weighted by atomic mass is 16.5. The largest absolute Gasteiger partial charge is 0.481 e. The molecule has 174 valence electrons. The minimum Gasteiger partial charge on any atom is -0.481 e. The molecule has 1 unspecified atom stereocenters.